The summed E-state index contributed by atoms with van der Waals surface area (Å²) in [5.41, 5.74) is 7.33. The smallest absolute Gasteiger partial charge is 0.0746 e. The number of hydrogen-bond donors (Lipinski definition) is 1. The van der Waals surface area contributed by atoms with Crippen LogP contribution in [0.5, 0.6) is 0 Å². The molecule has 0 saturated carbocycles. The van der Waals surface area contributed by atoms with E-state index in [1.807, 2.05) is 0 Å². The summed E-state index contributed by atoms with van der Waals surface area (Å²) in [5.74, 6) is 1.55. The minimum Gasteiger partial charge on any atom is -0.399 e. The molecule has 0 amide bonds. The summed E-state index contributed by atoms with van der Waals surface area (Å²) in [6.07, 6.45) is 3.69. The van der Waals surface area contributed by atoms with Crippen LogP contribution in [0.25, 0.3) is 0 Å². The van der Waals surface area contributed by atoms with Crippen molar-refractivity contribution in [2.75, 3.05) is 23.7 Å². The molecule has 0 aliphatic carbocycles. The number of rotatable bonds is 2. The Labute approximate surface area is 125 Å². The average Bonchev–Trinajstić information content (AvgIpc) is 2.53. The molecule has 19 heavy (non-hydrogen) atoms. The first kappa shape index (κ1) is 14.8. The van der Waals surface area contributed by atoms with Gasteiger partial charge in [0, 0.05) is 18.8 Å². The van der Waals surface area contributed by atoms with Crippen molar-refractivity contribution in [3.8, 4) is 0 Å². The molecule has 2 rings (SSSR count). The van der Waals surface area contributed by atoms with Gasteiger partial charge in [0.25, 0.3) is 0 Å². The third-order valence-electron chi connectivity index (χ3n) is 4.07. The molecule has 1 aliphatic rings. The quantitative estimate of drug-likeness (QED) is 0.792. The Kier molecular flexibility index (Phi) is 4.86. The van der Waals surface area contributed by atoms with Gasteiger partial charge < -0.3 is 10.6 Å². The number of benzene rings is 1. The van der Waals surface area contributed by atoms with Crippen molar-refractivity contribution < 1.29 is 0 Å². The zero-order chi connectivity index (χ0) is 14.0. The summed E-state index contributed by atoms with van der Waals surface area (Å²) in [5, 5.41) is 1.32. The van der Waals surface area contributed by atoms with Gasteiger partial charge in [-0.3, -0.25) is 0 Å². The zero-order valence-electron chi connectivity index (χ0n) is 11.6. The Bertz CT molecular complexity index is 423. The first-order valence-corrected chi connectivity index (χ1v) is 7.74. The van der Waals surface area contributed by atoms with Gasteiger partial charge in [-0.15, -0.1) is 0 Å². The van der Waals surface area contributed by atoms with Crippen LogP contribution in [0, 0.1) is 11.8 Å². The Balaban J connectivity index is 2.19. The highest BCUT2D eigenvalue weighted by Crippen LogP contribution is 2.38. The highest BCUT2D eigenvalue weighted by atomic mass is 35.5. The highest BCUT2D eigenvalue weighted by Gasteiger charge is 2.22. The van der Waals surface area contributed by atoms with E-state index < -0.39 is 0 Å². The Morgan fingerprint density at radius 3 is 2.37 bits per heavy atom. The molecule has 1 aromatic rings. The lowest BCUT2D eigenvalue weighted by Gasteiger charge is -2.26. The maximum atomic E-state index is 6.31. The lowest BCUT2D eigenvalue weighted by molar-refractivity contribution is 0.351. The largest absolute Gasteiger partial charge is 0.399 e. The monoisotopic (exact) mass is 300 g/mol. The Morgan fingerprint density at radius 2 is 1.79 bits per heavy atom. The molecule has 1 unspecified atom stereocenters. The van der Waals surface area contributed by atoms with Crippen LogP contribution in [0.2, 0.25) is 10.0 Å². The molecular formula is C15H22Cl2N2. The fraction of sp³-hybridized carbons (Fsp3) is 0.600. The molecule has 1 aliphatic heterocycles. The SMILES string of the molecule is CC(C)C1CCCN(c2c(Cl)cc(N)cc2Cl)CC1. The highest BCUT2D eigenvalue weighted by molar-refractivity contribution is 6.39. The third-order valence-corrected chi connectivity index (χ3v) is 4.65. The van der Waals surface area contributed by atoms with Crippen molar-refractivity contribution >= 4 is 34.6 Å². The molecular weight excluding hydrogens is 279 g/mol. The number of nitrogens with zero attached hydrogens (tertiary/aromatic N) is 1. The number of anilines is 2. The van der Waals surface area contributed by atoms with E-state index in [1.54, 1.807) is 12.1 Å². The molecule has 1 saturated heterocycles. The number of nitrogen functional groups attached to an aromatic ring is 1. The van der Waals surface area contributed by atoms with Gasteiger partial charge in [0.1, 0.15) is 0 Å². The summed E-state index contributed by atoms with van der Waals surface area (Å²) in [4.78, 5) is 2.31. The maximum Gasteiger partial charge on any atom is 0.0746 e. The minimum atomic E-state index is 0.619. The lowest BCUT2D eigenvalue weighted by Crippen LogP contribution is -2.25. The molecule has 0 spiro atoms. The molecule has 2 nitrogen and oxygen atoms in total. The molecule has 1 fully saturated rings. The first-order chi connectivity index (χ1) is 8.99. The second-order valence-electron chi connectivity index (χ2n) is 5.76. The number of nitrogens with two attached hydrogens (primary N) is 1. The van der Waals surface area contributed by atoms with E-state index in [4.69, 9.17) is 28.9 Å². The van der Waals surface area contributed by atoms with E-state index in [1.165, 1.54) is 19.3 Å². The van der Waals surface area contributed by atoms with Gasteiger partial charge in [-0.05, 0) is 43.2 Å². The van der Waals surface area contributed by atoms with Gasteiger partial charge >= 0.3 is 0 Å². The molecule has 4 heteroatoms. The summed E-state index contributed by atoms with van der Waals surface area (Å²) in [6.45, 7) is 6.66. The summed E-state index contributed by atoms with van der Waals surface area (Å²) >= 11 is 12.6. The molecule has 106 valence electrons. The van der Waals surface area contributed by atoms with Crippen LogP contribution in [0.4, 0.5) is 11.4 Å². The number of hydrogen-bond acceptors (Lipinski definition) is 2. The second-order valence-corrected chi connectivity index (χ2v) is 6.57. The van der Waals surface area contributed by atoms with Gasteiger partial charge in [-0.2, -0.15) is 0 Å². The molecule has 2 N–H and O–H groups in total. The molecule has 1 atom stereocenters. The lowest BCUT2D eigenvalue weighted by atomic mass is 9.89. The van der Waals surface area contributed by atoms with Crippen LogP contribution < -0.4 is 10.6 Å². The van der Waals surface area contributed by atoms with Crippen LogP contribution in [-0.4, -0.2) is 13.1 Å². The van der Waals surface area contributed by atoms with Gasteiger partial charge in [-0.25, -0.2) is 0 Å². The van der Waals surface area contributed by atoms with Crippen molar-refractivity contribution in [2.45, 2.75) is 33.1 Å². The van der Waals surface area contributed by atoms with Crippen LogP contribution in [0.15, 0.2) is 12.1 Å². The van der Waals surface area contributed by atoms with Crippen LogP contribution in [0.1, 0.15) is 33.1 Å². The summed E-state index contributed by atoms with van der Waals surface area (Å²) in [7, 11) is 0. The summed E-state index contributed by atoms with van der Waals surface area (Å²) in [6, 6.07) is 3.57. The van der Waals surface area contributed by atoms with E-state index in [0.717, 1.165) is 30.6 Å². The Hall–Kier alpha value is -0.600. The van der Waals surface area contributed by atoms with Crippen molar-refractivity contribution in [1.29, 1.82) is 0 Å². The van der Waals surface area contributed by atoms with Crippen LogP contribution in [-0.2, 0) is 0 Å². The fourth-order valence-electron chi connectivity index (χ4n) is 2.90. The molecule has 0 bridgehead atoms. The van der Waals surface area contributed by atoms with E-state index in [-0.39, 0.29) is 0 Å². The molecule has 0 aromatic heterocycles. The van der Waals surface area contributed by atoms with Crippen LogP contribution in [0.3, 0.4) is 0 Å². The predicted octanol–water partition coefficient (Wildman–Crippen LogP) is 4.84. The van der Waals surface area contributed by atoms with Crippen molar-refractivity contribution in [3.05, 3.63) is 22.2 Å². The van der Waals surface area contributed by atoms with Crippen molar-refractivity contribution in [3.63, 3.8) is 0 Å². The van der Waals surface area contributed by atoms with Gasteiger partial charge in [0.05, 0.1) is 15.7 Å². The topological polar surface area (TPSA) is 29.3 Å². The van der Waals surface area contributed by atoms with E-state index in [9.17, 15) is 0 Å². The van der Waals surface area contributed by atoms with Gasteiger partial charge in [-0.1, -0.05) is 37.0 Å². The van der Waals surface area contributed by atoms with Crippen molar-refractivity contribution in [1.82, 2.24) is 0 Å². The third kappa shape index (κ3) is 3.49. The minimum absolute atomic E-state index is 0.619. The fourth-order valence-corrected chi connectivity index (χ4v) is 3.64. The van der Waals surface area contributed by atoms with E-state index in [2.05, 4.69) is 18.7 Å². The Morgan fingerprint density at radius 1 is 1.16 bits per heavy atom. The number of halogens is 2. The molecule has 1 aromatic carbocycles. The van der Waals surface area contributed by atoms with E-state index >= 15 is 0 Å². The summed E-state index contributed by atoms with van der Waals surface area (Å²) < 4.78 is 0. The molecule has 1 heterocycles. The average molecular weight is 301 g/mol. The first-order valence-electron chi connectivity index (χ1n) is 6.98. The molecule has 0 radical (unpaired) electrons. The van der Waals surface area contributed by atoms with Gasteiger partial charge in [0.2, 0.25) is 0 Å². The van der Waals surface area contributed by atoms with Crippen molar-refractivity contribution in [2.24, 2.45) is 11.8 Å². The zero-order valence-corrected chi connectivity index (χ0v) is 13.1. The normalized spacial score (nSPS) is 20.7. The van der Waals surface area contributed by atoms with Gasteiger partial charge in [0.15, 0.2) is 0 Å². The van der Waals surface area contributed by atoms with Crippen LogP contribution >= 0.6 is 23.2 Å². The standard InChI is InChI=1S/C15H22Cl2N2/c1-10(2)11-4-3-6-19(7-5-11)15-13(16)8-12(18)9-14(15)17/h8-11H,3-7,18H2,1-2H3. The predicted molar refractivity (Wildman–Crippen MR) is 85.3 cm³/mol. The second kappa shape index (κ2) is 6.23. The van der Waals surface area contributed by atoms with E-state index in [0.29, 0.717) is 15.7 Å². The maximum absolute atomic E-state index is 6.31.